The average molecular weight is 531 g/mol. The Morgan fingerprint density at radius 3 is 2.44 bits per heavy atom. The summed E-state index contributed by atoms with van der Waals surface area (Å²) in [6, 6.07) is 13.5. The van der Waals surface area contributed by atoms with Gasteiger partial charge >= 0.3 is 0 Å². The number of carbonyl (C=O) groups is 1. The van der Waals surface area contributed by atoms with Crippen molar-refractivity contribution in [2.75, 3.05) is 10.2 Å². The maximum atomic E-state index is 15.6. The van der Waals surface area contributed by atoms with E-state index in [0.717, 1.165) is 53.7 Å². The number of amides is 1. The van der Waals surface area contributed by atoms with Crippen LogP contribution in [-0.2, 0) is 0 Å². The van der Waals surface area contributed by atoms with E-state index in [0.29, 0.717) is 5.69 Å². The van der Waals surface area contributed by atoms with Crippen LogP contribution in [0.2, 0.25) is 0 Å². The van der Waals surface area contributed by atoms with Gasteiger partial charge in [0, 0.05) is 30.6 Å². The third kappa shape index (κ3) is 4.41. The second-order valence-electron chi connectivity index (χ2n) is 9.19. The lowest BCUT2D eigenvalue weighted by atomic mass is 9.90. The van der Waals surface area contributed by atoms with Crippen LogP contribution in [0.3, 0.4) is 0 Å². The molecule has 1 N–H and O–H groups in total. The van der Waals surface area contributed by atoms with Gasteiger partial charge in [-0.2, -0.15) is 14.9 Å². The fourth-order valence-electron chi connectivity index (χ4n) is 4.67. The summed E-state index contributed by atoms with van der Waals surface area (Å²) in [6.45, 7) is 0. The first kappa shape index (κ1) is 24.4. The Morgan fingerprint density at radius 2 is 1.69 bits per heavy atom. The lowest BCUT2D eigenvalue weighted by Crippen LogP contribution is -2.37. The first-order valence-electron chi connectivity index (χ1n) is 12.3. The van der Waals surface area contributed by atoms with Gasteiger partial charge in [0.15, 0.2) is 0 Å². The molecule has 6 rings (SSSR count). The van der Waals surface area contributed by atoms with Crippen molar-refractivity contribution in [2.45, 2.75) is 25.3 Å². The molecule has 0 saturated heterocycles. The zero-order valence-corrected chi connectivity index (χ0v) is 20.4. The van der Waals surface area contributed by atoms with Crippen LogP contribution in [-0.4, -0.2) is 31.3 Å². The van der Waals surface area contributed by atoms with Gasteiger partial charge in [-0.1, -0.05) is 0 Å². The molecule has 3 heterocycles. The molecule has 11 heteroatoms. The average Bonchev–Trinajstić information content (AvgIpc) is 3.38. The highest BCUT2D eigenvalue weighted by molar-refractivity contribution is 6.04. The SMILES string of the molecule is O=C(Nc1cc(F)c(N(c2cccn3nccc23)C2CCC2)cc1F)c1ccnn(-c2ccc(F)cc2)c1=O. The quantitative estimate of drug-likeness (QED) is 0.325. The van der Waals surface area contributed by atoms with Gasteiger partial charge in [0.1, 0.15) is 23.0 Å². The maximum absolute atomic E-state index is 15.6. The van der Waals surface area contributed by atoms with Crippen LogP contribution in [0.4, 0.5) is 30.2 Å². The normalized spacial score (nSPS) is 13.3. The minimum atomic E-state index is -0.941. The van der Waals surface area contributed by atoms with Crippen LogP contribution in [0.5, 0.6) is 0 Å². The molecule has 0 aliphatic heterocycles. The fourth-order valence-corrected chi connectivity index (χ4v) is 4.67. The zero-order valence-electron chi connectivity index (χ0n) is 20.4. The smallest absolute Gasteiger partial charge is 0.284 e. The highest BCUT2D eigenvalue weighted by Gasteiger charge is 2.31. The molecule has 196 valence electrons. The number of benzene rings is 2. The summed E-state index contributed by atoms with van der Waals surface area (Å²) in [7, 11) is 0. The molecule has 1 aliphatic carbocycles. The lowest BCUT2D eigenvalue weighted by molar-refractivity contribution is 0.102. The molecule has 2 aromatic carbocycles. The molecule has 1 fully saturated rings. The Morgan fingerprint density at radius 1 is 0.923 bits per heavy atom. The van der Waals surface area contributed by atoms with Crippen LogP contribution < -0.4 is 15.8 Å². The molecule has 0 spiro atoms. The van der Waals surface area contributed by atoms with Gasteiger partial charge in [-0.25, -0.2) is 17.7 Å². The molecular formula is C28H21F3N6O2. The van der Waals surface area contributed by atoms with E-state index in [-0.39, 0.29) is 23.0 Å². The monoisotopic (exact) mass is 530 g/mol. The standard InChI is InChI=1S/C28H21F3N6O2/c29-17-6-8-19(9-7-17)37-28(39)20(10-12-33-37)27(38)34-23-15-22(31)26(16-21(23)30)36(18-3-1-4-18)25-5-2-14-35-24(25)11-13-32-35/h2,5-16,18H,1,3-4H2,(H,34,38). The van der Waals surface area contributed by atoms with Crippen molar-refractivity contribution >= 4 is 28.5 Å². The van der Waals surface area contributed by atoms with Gasteiger partial charge in [0.2, 0.25) is 0 Å². The van der Waals surface area contributed by atoms with Crippen molar-refractivity contribution in [3.8, 4) is 5.69 Å². The van der Waals surface area contributed by atoms with Gasteiger partial charge in [-0.3, -0.25) is 9.59 Å². The number of rotatable bonds is 6. The van der Waals surface area contributed by atoms with Gasteiger partial charge < -0.3 is 10.2 Å². The van der Waals surface area contributed by atoms with Crippen molar-refractivity contribution in [2.24, 2.45) is 0 Å². The number of halogens is 3. The van der Waals surface area contributed by atoms with E-state index in [1.165, 1.54) is 24.4 Å². The molecule has 8 nitrogen and oxygen atoms in total. The predicted molar refractivity (Wildman–Crippen MR) is 139 cm³/mol. The summed E-state index contributed by atoms with van der Waals surface area (Å²) in [6.07, 6.45) is 7.23. The Hall–Kier alpha value is -4.93. The molecule has 3 aromatic heterocycles. The molecule has 1 amide bonds. The Kier molecular flexibility index (Phi) is 6.10. The van der Waals surface area contributed by atoms with Crippen molar-refractivity contribution in [1.29, 1.82) is 0 Å². The van der Waals surface area contributed by atoms with Crippen molar-refractivity contribution < 1.29 is 18.0 Å². The minimum absolute atomic E-state index is 0.0258. The van der Waals surface area contributed by atoms with Crippen molar-refractivity contribution in [3.05, 3.63) is 113 Å². The topological polar surface area (TPSA) is 84.5 Å². The Bertz CT molecular complexity index is 1760. The van der Waals surface area contributed by atoms with Crippen LogP contribution >= 0.6 is 0 Å². The first-order valence-corrected chi connectivity index (χ1v) is 12.3. The summed E-state index contributed by atoms with van der Waals surface area (Å²) < 4.78 is 46.8. The van der Waals surface area contributed by atoms with E-state index < -0.39 is 34.6 Å². The van der Waals surface area contributed by atoms with Crippen LogP contribution in [0.25, 0.3) is 11.2 Å². The van der Waals surface area contributed by atoms with Gasteiger partial charge in [0.25, 0.3) is 11.5 Å². The van der Waals surface area contributed by atoms with E-state index in [9.17, 15) is 14.0 Å². The Balaban J connectivity index is 1.33. The molecule has 1 saturated carbocycles. The minimum Gasteiger partial charge on any atom is -0.334 e. The summed E-state index contributed by atoms with van der Waals surface area (Å²) in [5, 5.41) is 10.5. The summed E-state index contributed by atoms with van der Waals surface area (Å²) in [5.74, 6) is -3.04. The van der Waals surface area contributed by atoms with E-state index in [1.807, 2.05) is 6.07 Å². The number of aromatic nitrogens is 4. The first-order chi connectivity index (χ1) is 18.9. The van der Waals surface area contributed by atoms with Crippen LogP contribution in [0.15, 0.2) is 84.0 Å². The number of nitrogens with zero attached hydrogens (tertiary/aromatic N) is 5. The number of carbonyl (C=O) groups excluding carboxylic acids is 1. The van der Waals surface area contributed by atoms with Gasteiger partial charge in [0.05, 0.1) is 34.5 Å². The van der Waals surface area contributed by atoms with E-state index in [1.54, 1.807) is 33.9 Å². The summed E-state index contributed by atoms with van der Waals surface area (Å²) in [5.41, 5.74) is 0.145. The molecule has 0 atom stereocenters. The third-order valence-electron chi connectivity index (χ3n) is 6.82. The zero-order chi connectivity index (χ0) is 27.1. The van der Waals surface area contributed by atoms with Crippen molar-refractivity contribution in [1.82, 2.24) is 19.4 Å². The number of anilines is 3. The maximum Gasteiger partial charge on any atom is 0.284 e. The van der Waals surface area contributed by atoms with Gasteiger partial charge in [-0.15, -0.1) is 0 Å². The fraction of sp³-hybridized carbons (Fsp3) is 0.143. The summed E-state index contributed by atoms with van der Waals surface area (Å²) in [4.78, 5) is 27.6. The van der Waals surface area contributed by atoms with Crippen LogP contribution in [0.1, 0.15) is 29.6 Å². The van der Waals surface area contributed by atoms with E-state index in [4.69, 9.17) is 0 Å². The van der Waals surface area contributed by atoms with Gasteiger partial charge in [-0.05, 0) is 67.8 Å². The number of pyridine rings is 1. The molecule has 1 aliphatic rings. The third-order valence-corrected chi connectivity index (χ3v) is 6.82. The highest BCUT2D eigenvalue weighted by atomic mass is 19.1. The highest BCUT2D eigenvalue weighted by Crippen LogP contribution is 2.40. The van der Waals surface area contributed by atoms with Crippen molar-refractivity contribution in [3.63, 3.8) is 0 Å². The second-order valence-corrected chi connectivity index (χ2v) is 9.19. The molecule has 5 aromatic rings. The number of fused-ring (bicyclic) bond motifs is 1. The lowest BCUT2D eigenvalue weighted by Gasteiger charge is -2.39. The number of hydrogen-bond acceptors (Lipinski definition) is 5. The van der Waals surface area contributed by atoms with Crippen LogP contribution in [0, 0.1) is 17.5 Å². The van der Waals surface area contributed by atoms with E-state index in [2.05, 4.69) is 15.5 Å². The number of nitrogens with one attached hydrogen (secondary N) is 1. The molecule has 0 radical (unpaired) electrons. The van der Waals surface area contributed by atoms with E-state index >= 15 is 8.78 Å². The molecule has 0 unspecified atom stereocenters. The number of hydrogen-bond donors (Lipinski definition) is 1. The second kappa shape index (κ2) is 9.75. The summed E-state index contributed by atoms with van der Waals surface area (Å²) >= 11 is 0. The largest absolute Gasteiger partial charge is 0.334 e. The molecular weight excluding hydrogens is 509 g/mol. The Labute approximate surface area is 219 Å². The predicted octanol–water partition coefficient (Wildman–Crippen LogP) is 5.24. The molecule has 39 heavy (non-hydrogen) atoms. The molecule has 0 bridgehead atoms.